The first-order valence-corrected chi connectivity index (χ1v) is 15.0. The van der Waals surface area contributed by atoms with Crippen molar-refractivity contribution in [1.82, 2.24) is 13.6 Å². The predicted molar refractivity (Wildman–Crippen MR) is 151 cm³/mol. The molecule has 5 rings (SSSR count). The first kappa shape index (κ1) is 25.2. The Morgan fingerprint density at radius 1 is 0.778 bits per heavy atom. The van der Waals surface area contributed by atoms with Crippen molar-refractivity contribution in [3.05, 3.63) is 45.1 Å². The number of aromatic nitrogens is 2. The summed E-state index contributed by atoms with van der Waals surface area (Å²) in [5, 5.41) is 4.14. The van der Waals surface area contributed by atoms with Crippen LogP contribution in [-0.2, 0) is 0 Å². The van der Waals surface area contributed by atoms with Crippen LogP contribution in [0.5, 0.6) is 0 Å². The Labute approximate surface area is 224 Å². The molecule has 1 unspecified atom stereocenters. The molecular weight excluding hydrogens is 507 g/mol. The number of benzene rings is 1. The molecule has 1 atom stereocenters. The molecule has 0 fully saturated rings. The van der Waals surface area contributed by atoms with Crippen LogP contribution in [0.2, 0.25) is 0 Å². The van der Waals surface area contributed by atoms with E-state index in [4.69, 9.17) is 0 Å². The van der Waals surface area contributed by atoms with Gasteiger partial charge in [-0.15, -0.1) is 22.7 Å². The second kappa shape index (κ2) is 10.1. The monoisotopic (exact) mass is 537 g/mol. The normalized spacial score (nSPS) is 14.4. The summed E-state index contributed by atoms with van der Waals surface area (Å²) < 4.78 is 9.28. The Bertz CT molecular complexity index is 1350. The number of thiophene rings is 2. The summed E-state index contributed by atoms with van der Waals surface area (Å²) >= 11 is 4.30. The van der Waals surface area contributed by atoms with Crippen LogP contribution in [0.1, 0.15) is 78.3 Å². The van der Waals surface area contributed by atoms with Crippen LogP contribution in [-0.4, -0.2) is 32.0 Å². The smallest absolute Gasteiger partial charge is 0.262 e. The van der Waals surface area contributed by atoms with Crippen LogP contribution < -0.4 is 0 Å². The van der Waals surface area contributed by atoms with Gasteiger partial charge in [0.15, 0.2) is 0 Å². The largest absolute Gasteiger partial charge is 0.274 e. The minimum atomic E-state index is -0.199. The molecule has 0 spiro atoms. The van der Waals surface area contributed by atoms with Gasteiger partial charge in [-0.3, -0.25) is 14.5 Å². The molecule has 0 N–H and O–H groups in total. The topological polar surface area (TPSA) is 63.2 Å². The number of hydrogen-bond acceptors (Lipinski definition) is 7. The van der Waals surface area contributed by atoms with Gasteiger partial charge in [0.1, 0.15) is 11.0 Å². The maximum Gasteiger partial charge on any atom is 0.262 e. The van der Waals surface area contributed by atoms with Crippen LogP contribution in [0.3, 0.4) is 0 Å². The average molecular weight is 538 g/mol. The zero-order valence-electron chi connectivity index (χ0n) is 21.4. The van der Waals surface area contributed by atoms with E-state index in [1.165, 1.54) is 17.7 Å². The van der Waals surface area contributed by atoms with Crippen molar-refractivity contribution < 1.29 is 9.59 Å². The number of carbonyl (C=O) groups excluding carboxylic acids is 2. The van der Waals surface area contributed by atoms with E-state index < -0.39 is 0 Å². The Hall–Kier alpha value is -2.42. The summed E-state index contributed by atoms with van der Waals surface area (Å²) in [6.45, 7) is 11.2. The van der Waals surface area contributed by atoms with E-state index in [9.17, 15) is 9.59 Å². The van der Waals surface area contributed by atoms with Crippen molar-refractivity contribution in [2.24, 2.45) is 11.8 Å². The number of nitrogens with zero attached hydrogens (tertiary/aromatic N) is 3. The third-order valence-electron chi connectivity index (χ3n) is 6.91. The van der Waals surface area contributed by atoms with Gasteiger partial charge in [-0.1, -0.05) is 40.0 Å². The molecule has 0 bridgehead atoms. The van der Waals surface area contributed by atoms with Crippen LogP contribution in [0.4, 0.5) is 0 Å². The fourth-order valence-electron chi connectivity index (χ4n) is 4.97. The van der Waals surface area contributed by atoms with Gasteiger partial charge < -0.3 is 0 Å². The maximum absolute atomic E-state index is 13.9. The molecule has 5 nitrogen and oxygen atoms in total. The van der Waals surface area contributed by atoms with E-state index in [1.54, 1.807) is 22.7 Å². The molecule has 1 aliphatic heterocycles. The van der Waals surface area contributed by atoms with Crippen molar-refractivity contribution in [3.63, 3.8) is 0 Å². The third-order valence-corrected chi connectivity index (χ3v) is 9.57. The summed E-state index contributed by atoms with van der Waals surface area (Å²) in [6.07, 6.45) is 4.32. The van der Waals surface area contributed by atoms with Gasteiger partial charge in [0, 0.05) is 27.4 Å². The first-order valence-electron chi connectivity index (χ1n) is 12.6. The molecule has 36 heavy (non-hydrogen) atoms. The lowest BCUT2D eigenvalue weighted by Gasteiger charge is -2.18. The molecule has 0 aliphatic carbocycles. The lowest BCUT2D eigenvalue weighted by atomic mass is 9.93. The van der Waals surface area contributed by atoms with Crippen molar-refractivity contribution >= 4 is 57.2 Å². The minimum absolute atomic E-state index is 0.199. The van der Waals surface area contributed by atoms with Gasteiger partial charge in [-0.05, 0) is 66.1 Å². The zero-order valence-corrected chi connectivity index (χ0v) is 23.8. The number of carbonyl (C=O) groups is 2. The first-order chi connectivity index (χ1) is 17.3. The highest BCUT2D eigenvalue weighted by atomic mass is 32.1. The molecule has 3 aromatic heterocycles. The third kappa shape index (κ3) is 4.55. The fraction of sp³-hybridized carbons (Fsp3) is 0.429. The molecule has 8 heteroatoms. The lowest BCUT2D eigenvalue weighted by Crippen LogP contribution is -2.31. The summed E-state index contributed by atoms with van der Waals surface area (Å²) in [5.41, 5.74) is 6.19. The number of fused-ring (bicyclic) bond motifs is 2. The predicted octanol–water partition coefficient (Wildman–Crippen LogP) is 8.21. The molecule has 1 aliphatic rings. The fourth-order valence-corrected chi connectivity index (χ4v) is 7.43. The van der Waals surface area contributed by atoms with Crippen LogP contribution in [0.25, 0.3) is 31.9 Å². The Morgan fingerprint density at radius 3 is 1.75 bits per heavy atom. The van der Waals surface area contributed by atoms with Crippen LogP contribution >= 0.6 is 34.4 Å². The number of imide groups is 1. The van der Waals surface area contributed by atoms with Crippen molar-refractivity contribution in [2.75, 3.05) is 6.54 Å². The molecule has 0 radical (unpaired) electrons. The Morgan fingerprint density at radius 2 is 1.31 bits per heavy atom. The van der Waals surface area contributed by atoms with E-state index in [0.29, 0.717) is 40.5 Å². The molecule has 1 aromatic carbocycles. The maximum atomic E-state index is 13.9. The standard InChI is InChI=1S/C28H31N3O2S3/c1-15(2)7-6-8-16(3)9-10-31-27(32)23-21(19-11-17(4)13-34-19)25-26(30-36-29-25)22(24(23)28(31)33)20-12-18(5)14-35-20/h11-16H,6-10H2,1-5H3. The minimum Gasteiger partial charge on any atom is -0.274 e. The van der Waals surface area contributed by atoms with Gasteiger partial charge in [0.25, 0.3) is 11.8 Å². The molecule has 4 aromatic rings. The summed E-state index contributed by atoms with van der Waals surface area (Å²) in [6, 6.07) is 4.15. The highest BCUT2D eigenvalue weighted by Crippen LogP contribution is 2.47. The van der Waals surface area contributed by atoms with Crippen molar-refractivity contribution in [2.45, 2.75) is 60.3 Å². The van der Waals surface area contributed by atoms with Gasteiger partial charge in [0.2, 0.25) is 0 Å². The average Bonchev–Trinajstić information content (AvgIpc) is 3.61. The highest BCUT2D eigenvalue weighted by Gasteiger charge is 2.42. The molecular formula is C28H31N3O2S3. The molecule has 0 saturated carbocycles. The van der Waals surface area contributed by atoms with Crippen LogP contribution in [0, 0.1) is 25.7 Å². The Balaban J connectivity index is 1.59. The molecule has 2 amide bonds. The number of aryl methyl sites for hydroxylation is 2. The molecule has 4 heterocycles. The van der Waals surface area contributed by atoms with E-state index in [2.05, 4.69) is 52.4 Å². The Kier molecular flexibility index (Phi) is 7.12. The van der Waals surface area contributed by atoms with Crippen molar-refractivity contribution in [3.8, 4) is 20.9 Å². The number of rotatable bonds is 9. The van der Waals surface area contributed by atoms with Gasteiger partial charge >= 0.3 is 0 Å². The van der Waals surface area contributed by atoms with Gasteiger partial charge in [0.05, 0.1) is 22.9 Å². The number of amides is 2. The van der Waals surface area contributed by atoms with E-state index in [1.807, 2.05) is 13.8 Å². The van der Waals surface area contributed by atoms with E-state index in [0.717, 1.165) is 56.6 Å². The van der Waals surface area contributed by atoms with Crippen molar-refractivity contribution in [1.29, 1.82) is 0 Å². The second-order valence-corrected chi connectivity index (χ2v) is 12.8. The summed E-state index contributed by atoms with van der Waals surface area (Å²) in [5.74, 6) is 0.756. The quantitative estimate of drug-likeness (QED) is 0.202. The van der Waals surface area contributed by atoms with E-state index in [-0.39, 0.29) is 11.8 Å². The number of hydrogen-bond donors (Lipinski definition) is 0. The highest BCUT2D eigenvalue weighted by molar-refractivity contribution is 7.14. The summed E-state index contributed by atoms with van der Waals surface area (Å²) in [7, 11) is 0. The van der Waals surface area contributed by atoms with E-state index >= 15 is 0 Å². The second-order valence-electron chi connectivity index (χ2n) is 10.4. The molecule has 188 valence electrons. The van der Waals surface area contributed by atoms with Gasteiger partial charge in [-0.2, -0.15) is 8.75 Å². The lowest BCUT2D eigenvalue weighted by molar-refractivity contribution is 0.0646. The van der Waals surface area contributed by atoms with Crippen LogP contribution in [0.15, 0.2) is 22.9 Å². The summed E-state index contributed by atoms with van der Waals surface area (Å²) in [4.78, 5) is 31.3. The molecule has 0 saturated heterocycles. The SMILES string of the molecule is Cc1csc(-c2c3c(c(-c4cc(C)cs4)c4nsnc24)C(=O)N(CCC(C)CCCC(C)C)C3=O)c1. The zero-order chi connectivity index (χ0) is 25.6. The van der Waals surface area contributed by atoms with Gasteiger partial charge in [-0.25, -0.2) is 0 Å².